The van der Waals surface area contributed by atoms with E-state index in [2.05, 4.69) is 0 Å². The zero-order chi connectivity index (χ0) is 18.8. The maximum Gasteiger partial charge on any atom is 0.332 e. The molecule has 0 bridgehead atoms. The van der Waals surface area contributed by atoms with Crippen LogP contribution in [0.3, 0.4) is 0 Å². The van der Waals surface area contributed by atoms with Crippen molar-refractivity contribution < 1.29 is 4.92 Å². The average molecular weight is 359 g/mol. The monoisotopic (exact) mass is 359 g/mol. The van der Waals surface area contributed by atoms with Gasteiger partial charge in [0.1, 0.15) is 11.5 Å². The van der Waals surface area contributed by atoms with Crippen LogP contribution in [0.2, 0.25) is 0 Å². The van der Waals surface area contributed by atoms with Crippen molar-refractivity contribution in [2.45, 2.75) is 6.42 Å². The van der Waals surface area contributed by atoms with Gasteiger partial charge in [-0.3, -0.25) is 24.0 Å². The maximum absolute atomic E-state index is 12.2. The Labute approximate surface area is 149 Å². The maximum atomic E-state index is 12.2. The number of nitro groups is 1. The summed E-state index contributed by atoms with van der Waals surface area (Å²) in [5.41, 5.74) is -0.0330. The summed E-state index contributed by atoms with van der Waals surface area (Å²) >= 11 is 0. The second-order valence-electron chi connectivity index (χ2n) is 6.31. The largest absolute Gasteiger partial charge is 0.364 e. The number of benzene rings is 1. The third-order valence-corrected chi connectivity index (χ3v) is 4.74. The predicted molar refractivity (Wildman–Crippen MR) is 99.1 cm³/mol. The Morgan fingerprint density at radius 3 is 2.35 bits per heavy atom. The van der Waals surface area contributed by atoms with Crippen molar-refractivity contribution in [1.82, 2.24) is 9.13 Å². The van der Waals surface area contributed by atoms with Crippen molar-refractivity contribution in [2.75, 3.05) is 36.0 Å². The van der Waals surface area contributed by atoms with Crippen molar-refractivity contribution in [1.29, 1.82) is 0 Å². The van der Waals surface area contributed by atoms with E-state index in [0.29, 0.717) is 37.7 Å². The molecule has 3 rings (SSSR count). The molecule has 0 saturated carbocycles. The molecule has 9 heteroatoms. The van der Waals surface area contributed by atoms with E-state index in [1.54, 1.807) is 25.2 Å². The fourth-order valence-electron chi connectivity index (χ4n) is 3.30. The lowest BCUT2D eigenvalue weighted by atomic mass is 10.2. The molecular formula is C17H21N5O4. The molecule has 0 unspecified atom stereocenters. The van der Waals surface area contributed by atoms with Crippen LogP contribution in [-0.4, -0.2) is 40.2 Å². The van der Waals surface area contributed by atoms with Crippen LogP contribution in [0.4, 0.5) is 17.2 Å². The SMILES string of the molecule is Cn1c(N2CCCN(c3ccccc3[N+](=O)[O-])CC2)cc(=O)n(C)c1=O. The molecule has 0 spiro atoms. The summed E-state index contributed by atoms with van der Waals surface area (Å²) in [7, 11) is 3.09. The lowest BCUT2D eigenvalue weighted by molar-refractivity contribution is -0.384. The normalized spacial score (nSPS) is 15.0. The topological polar surface area (TPSA) is 93.6 Å². The molecule has 0 amide bonds. The van der Waals surface area contributed by atoms with Gasteiger partial charge in [0.25, 0.3) is 11.2 Å². The van der Waals surface area contributed by atoms with Gasteiger partial charge in [-0.1, -0.05) is 12.1 Å². The number of nitro benzene ring substituents is 1. The fraction of sp³-hybridized carbons (Fsp3) is 0.412. The van der Waals surface area contributed by atoms with Gasteiger partial charge in [-0.15, -0.1) is 0 Å². The Kier molecular flexibility index (Phi) is 4.79. The summed E-state index contributed by atoms with van der Waals surface area (Å²) in [4.78, 5) is 39.0. The molecule has 1 aromatic carbocycles. The molecule has 1 aliphatic heterocycles. The van der Waals surface area contributed by atoms with Gasteiger partial charge >= 0.3 is 5.69 Å². The van der Waals surface area contributed by atoms with E-state index in [4.69, 9.17) is 0 Å². The highest BCUT2D eigenvalue weighted by Gasteiger charge is 2.23. The average Bonchev–Trinajstić information content (AvgIpc) is 2.89. The minimum atomic E-state index is -0.372. The van der Waals surface area contributed by atoms with Gasteiger partial charge in [-0.25, -0.2) is 4.79 Å². The van der Waals surface area contributed by atoms with Crippen molar-refractivity contribution in [3.63, 3.8) is 0 Å². The van der Waals surface area contributed by atoms with Crippen LogP contribution in [0.1, 0.15) is 6.42 Å². The van der Waals surface area contributed by atoms with Gasteiger partial charge in [0.15, 0.2) is 0 Å². The Bertz CT molecular complexity index is 949. The predicted octanol–water partition coefficient (Wildman–Crippen LogP) is 0.709. The molecule has 0 aliphatic carbocycles. The van der Waals surface area contributed by atoms with E-state index in [9.17, 15) is 19.7 Å². The van der Waals surface area contributed by atoms with Crippen LogP contribution in [-0.2, 0) is 14.1 Å². The molecule has 0 N–H and O–H groups in total. The van der Waals surface area contributed by atoms with E-state index in [1.807, 2.05) is 9.80 Å². The molecule has 0 radical (unpaired) electrons. The lowest BCUT2D eigenvalue weighted by Gasteiger charge is -2.25. The molecule has 0 atom stereocenters. The highest BCUT2D eigenvalue weighted by Crippen LogP contribution is 2.28. The molecule has 138 valence electrons. The van der Waals surface area contributed by atoms with E-state index < -0.39 is 0 Å². The highest BCUT2D eigenvalue weighted by molar-refractivity contribution is 5.63. The number of rotatable bonds is 3. The first-order valence-corrected chi connectivity index (χ1v) is 8.40. The molecule has 2 aromatic rings. The third-order valence-electron chi connectivity index (χ3n) is 4.74. The van der Waals surface area contributed by atoms with Crippen LogP contribution in [0.15, 0.2) is 39.9 Å². The molecule has 26 heavy (non-hydrogen) atoms. The van der Waals surface area contributed by atoms with E-state index in [0.717, 1.165) is 11.0 Å². The van der Waals surface area contributed by atoms with Crippen molar-refractivity contribution >= 4 is 17.2 Å². The van der Waals surface area contributed by atoms with Gasteiger partial charge < -0.3 is 9.80 Å². The van der Waals surface area contributed by atoms with Crippen LogP contribution in [0.25, 0.3) is 0 Å². The first kappa shape index (κ1) is 17.7. The Morgan fingerprint density at radius 2 is 1.62 bits per heavy atom. The molecular weight excluding hydrogens is 338 g/mol. The quantitative estimate of drug-likeness (QED) is 0.592. The summed E-state index contributed by atoms with van der Waals surface area (Å²) < 4.78 is 2.53. The smallest absolute Gasteiger partial charge is 0.332 e. The number of aromatic nitrogens is 2. The molecule has 1 saturated heterocycles. The van der Waals surface area contributed by atoms with Gasteiger partial charge in [-0.05, 0) is 12.5 Å². The summed E-state index contributed by atoms with van der Waals surface area (Å²) in [5.74, 6) is 0.572. The summed E-state index contributed by atoms with van der Waals surface area (Å²) in [6.07, 6.45) is 0.759. The lowest BCUT2D eigenvalue weighted by Crippen LogP contribution is -2.41. The Morgan fingerprint density at radius 1 is 0.962 bits per heavy atom. The number of hydrogen-bond donors (Lipinski definition) is 0. The first-order valence-electron chi connectivity index (χ1n) is 8.40. The van der Waals surface area contributed by atoms with Crippen molar-refractivity contribution in [2.24, 2.45) is 14.1 Å². The second-order valence-corrected chi connectivity index (χ2v) is 6.31. The molecule has 1 aliphatic rings. The van der Waals surface area contributed by atoms with Crippen LogP contribution in [0.5, 0.6) is 0 Å². The molecule has 1 fully saturated rings. The van der Waals surface area contributed by atoms with Crippen LogP contribution in [0, 0.1) is 10.1 Å². The van der Waals surface area contributed by atoms with E-state index in [-0.39, 0.29) is 21.9 Å². The Hall–Kier alpha value is -3.10. The van der Waals surface area contributed by atoms with Gasteiger partial charge in [0.2, 0.25) is 0 Å². The number of nitrogens with zero attached hydrogens (tertiary/aromatic N) is 5. The number of anilines is 2. The van der Waals surface area contributed by atoms with Crippen LogP contribution < -0.4 is 21.0 Å². The Balaban J connectivity index is 1.87. The van der Waals surface area contributed by atoms with Gasteiger partial charge in [0.05, 0.1) is 4.92 Å². The summed E-state index contributed by atoms with van der Waals surface area (Å²) in [6.45, 7) is 2.46. The van der Waals surface area contributed by atoms with E-state index in [1.165, 1.54) is 23.7 Å². The van der Waals surface area contributed by atoms with Crippen molar-refractivity contribution in [3.8, 4) is 0 Å². The third kappa shape index (κ3) is 3.19. The summed E-state index contributed by atoms with van der Waals surface area (Å²) in [5, 5.41) is 11.3. The molecule has 2 heterocycles. The fourth-order valence-corrected chi connectivity index (χ4v) is 3.30. The minimum Gasteiger partial charge on any atom is -0.364 e. The molecule has 9 nitrogen and oxygen atoms in total. The van der Waals surface area contributed by atoms with Gasteiger partial charge in [0, 0.05) is 52.4 Å². The standard InChI is InChI=1S/C17H21N5O4/c1-18-15(12-16(23)19(2)17(18)24)21-9-5-8-20(10-11-21)13-6-3-4-7-14(13)22(25)26/h3-4,6-7,12H,5,8-11H2,1-2H3. The van der Waals surface area contributed by atoms with Gasteiger partial charge in [-0.2, -0.15) is 0 Å². The zero-order valence-corrected chi connectivity index (χ0v) is 14.8. The van der Waals surface area contributed by atoms with Crippen molar-refractivity contribution in [3.05, 3.63) is 61.3 Å². The second kappa shape index (κ2) is 7.03. The van der Waals surface area contributed by atoms with Crippen LogP contribution >= 0.6 is 0 Å². The number of para-hydroxylation sites is 2. The summed E-state index contributed by atoms with van der Waals surface area (Å²) in [6, 6.07) is 8.16. The first-order chi connectivity index (χ1) is 12.4. The minimum absolute atomic E-state index is 0.0851. The zero-order valence-electron chi connectivity index (χ0n) is 14.8. The van der Waals surface area contributed by atoms with E-state index >= 15 is 0 Å². The molecule has 1 aromatic heterocycles. The number of hydrogen-bond acceptors (Lipinski definition) is 6. The highest BCUT2D eigenvalue weighted by atomic mass is 16.6.